The van der Waals surface area contributed by atoms with Gasteiger partial charge in [0.2, 0.25) is 0 Å². The number of piperidine rings is 1. The first-order valence-electron chi connectivity index (χ1n) is 9.76. The lowest BCUT2D eigenvalue weighted by atomic mass is 9.89. The molecule has 0 radical (unpaired) electrons. The lowest BCUT2D eigenvalue weighted by Gasteiger charge is -2.34. The van der Waals surface area contributed by atoms with Gasteiger partial charge < -0.3 is 4.90 Å². The molecule has 2 aromatic rings. The summed E-state index contributed by atoms with van der Waals surface area (Å²) in [5, 5.41) is 0. The van der Waals surface area contributed by atoms with Gasteiger partial charge in [0.25, 0.3) is 0 Å². The van der Waals surface area contributed by atoms with Crippen molar-refractivity contribution in [3.8, 4) is 11.1 Å². The molecule has 1 nitrogen and oxygen atoms in total. The normalized spacial score (nSPS) is 22.8. The number of benzene rings is 2. The van der Waals surface area contributed by atoms with Crippen LogP contribution in [0.1, 0.15) is 50.0 Å². The first kappa shape index (κ1) is 15.9. The summed E-state index contributed by atoms with van der Waals surface area (Å²) in [5.41, 5.74) is 4.18. The number of nitrogens with zero attached hydrogens (tertiary/aromatic N) is 1. The predicted octanol–water partition coefficient (Wildman–Crippen LogP) is 5.72. The third kappa shape index (κ3) is 3.72. The van der Waals surface area contributed by atoms with Gasteiger partial charge in [0.1, 0.15) is 0 Å². The molecule has 0 bridgehead atoms. The molecule has 1 atom stereocenters. The maximum Gasteiger partial charge on any atom is 0.00504 e. The number of hydrogen-bond acceptors (Lipinski definition) is 1. The molecule has 1 heteroatoms. The minimum atomic E-state index is 0.727. The van der Waals surface area contributed by atoms with Crippen LogP contribution in [-0.4, -0.2) is 24.5 Å². The molecule has 1 aliphatic heterocycles. The highest BCUT2D eigenvalue weighted by molar-refractivity contribution is 5.63. The molecule has 1 saturated heterocycles. The Hall–Kier alpha value is -1.60. The lowest BCUT2D eigenvalue weighted by molar-refractivity contribution is 0.179. The van der Waals surface area contributed by atoms with Crippen LogP contribution < -0.4 is 0 Å². The van der Waals surface area contributed by atoms with E-state index in [2.05, 4.69) is 59.5 Å². The largest absolute Gasteiger partial charge is 0.302 e. The molecule has 126 valence electrons. The average molecular weight is 319 g/mol. The highest BCUT2D eigenvalue weighted by Gasteiger charge is 2.24. The van der Waals surface area contributed by atoms with Gasteiger partial charge in [-0.1, -0.05) is 67.4 Å². The van der Waals surface area contributed by atoms with E-state index in [9.17, 15) is 0 Å². The van der Waals surface area contributed by atoms with E-state index < -0.39 is 0 Å². The van der Waals surface area contributed by atoms with Gasteiger partial charge in [-0.05, 0) is 60.8 Å². The van der Waals surface area contributed by atoms with Crippen LogP contribution in [0.15, 0.2) is 54.6 Å². The van der Waals surface area contributed by atoms with E-state index in [1.165, 1.54) is 74.8 Å². The predicted molar refractivity (Wildman–Crippen MR) is 102 cm³/mol. The maximum absolute atomic E-state index is 2.75. The monoisotopic (exact) mass is 319 g/mol. The summed E-state index contributed by atoms with van der Waals surface area (Å²) in [7, 11) is 0. The molecule has 1 heterocycles. The summed E-state index contributed by atoms with van der Waals surface area (Å²) >= 11 is 0. The second-order valence-electron chi connectivity index (χ2n) is 7.74. The molecule has 0 spiro atoms. The number of hydrogen-bond donors (Lipinski definition) is 0. The molecular weight excluding hydrogens is 290 g/mol. The summed E-state index contributed by atoms with van der Waals surface area (Å²) in [6, 6.07) is 20.0. The quantitative estimate of drug-likeness (QED) is 0.696. The molecule has 0 N–H and O–H groups in total. The summed E-state index contributed by atoms with van der Waals surface area (Å²) in [6.45, 7) is 3.93. The summed E-state index contributed by atoms with van der Waals surface area (Å²) in [5.74, 6) is 1.70. The topological polar surface area (TPSA) is 3.24 Å². The Morgan fingerprint density at radius 1 is 0.750 bits per heavy atom. The maximum atomic E-state index is 2.75. The molecule has 2 fully saturated rings. The van der Waals surface area contributed by atoms with Crippen LogP contribution in [0.25, 0.3) is 11.1 Å². The van der Waals surface area contributed by atoms with Gasteiger partial charge in [0.15, 0.2) is 0 Å². The van der Waals surface area contributed by atoms with Crippen LogP contribution in [0.2, 0.25) is 0 Å². The highest BCUT2D eigenvalue weighted by atomic mass is 15.1. The Morgan fingerprint density at radius 2 is 1.46 bits per heavy atom. The van der Waals surface area contributed by atoms with Crippen molar-refractivity contribution >= 4 is 0 Å². The number of rotatable bonds is 4. The first-order chi connectivity index (χ1) is 11.9. The molecular formula is C23H29N. The molecule has 4 rings (SSSR count). The SMILES string of the molecule is c1ccc(-c2ccc([C@H]3CCCN(CC4CCCC4)C3)cc2)cc1. The van der Waals surface area contributed by atoms with Crippen molar-refractivity contribution in [3.63, 3.8) is 0 Å². The Kier molecular flexibility index (Phi) is 4.99. The molecule has 1 aliphatic carbocycles. The van der Waals surface area contributed by atoms with Gasteiger partial charge >= 0.3 is 0 Å². The van der Waals surface area contributed by atoms with Gasteiger partial charge in [-0.15, -0.1) is 0 Å². The van der Waals surface area contributed by atoms with Crippen molar-refractivity contribution in [3.05, 3.63) is 60.2 Å². The van der Waals surface area contributed by atoms with E-state index in [-0.39, 0.29) is 0 Å². The van der Waals surface area contributed by atoms with E-state index in [4.69, 9.17) is 0 Å². The molecule has 2 aliphatic rings. The van der Waals surface area contributed by atoms with Crippen molar-refractivity contribution in [2.24, 2.45) is 5.92 Å². The summed E-state index contributed by atoms with van der Waals surface area (Å²) < 4.78 is 0. The Morgan fingerprint density at radius 3 is 2.21 bits per heavy atom. The molecule has 1 saturated carbocycles. The van der Waals surface area contributed by atoms with Crippen molar-refractivity contribution in [1.29, 1.82) is 0 Å². The van der Waals surface area contributed by atoms with Gasteiger partial charge in [-0.2, -0.15) is 0 Å². The van der Waals surface area contributed by atoms with Crippen LogP contribution in [0.4, 0.5) is 0 Å². The molecule has 0 amide bonds. The van der Waals surface area contributed by atoms with Crippen molar-refractivity contribution in [1.82, 2.24) is 4.90 Å². The molecule has 24 heavy (non-hydrogen) atoms. The standard InChI is InChI=1S/C23H29N/c1-2-9-20(10-3-1)21-12-14-22(15-13-21)23-11-6-16-24(18-23)17-19-7-4-5-8-19/h1-3,9-10,12-15,19,23H,4-8,11,16-18H2/t23-/m0/s1. The Labute approximate surface area is 146 Å². The zero-order valence-electron chi connectivity index (χ0n) is 14.7. The second kappa shape index (κ2) is 7.53. The van der Waals surface area contributed by atoms with Gasteiger partial charge in [-0.25, -0.2) is 0 Å². The lowest BCUT2D eigenvalue weighted by Crippen LogP contribution is -2.37. The molecule has 2 aromatic carbocycles. The van der Waals surface area contributed by atoms with Gasteiger partial charge in [0.05, 0.1) is 0 Å². The van der Waals surface area contributed by atoms with E-state index in [1.54, 1.807) is 0 Å². The first-order valence-corrected chi connectivity index (χ1v) is 9.76. The van der Waals surface area contributed by atoms with Gasteiger partial charge in [-0.3, -0.25) is 0 Å². The Balaban J connectivity index is 1.41. The smallest absolute Gasteiger partial charge is 0.00504 e. The zero-order valence-corrected chi connectivity index (χ0v) is 14.7. The molecule has 0 aromatic heterocycles. The third-order valence-corrected chi connectivity index (χ3v) is 5.99. The Bertz CT molecular complexity index is 625. The third-order valence-electron chi connectivity index (χ3n) is 5.99. The van der Waals surface area contributed by atoms with Crippen LogP contribution in [0.5, 0.6) is 0 Å². The minimum absolute atomic E-state index is 0.727. The average Bonchev–Trinajstić information content (AvgIpc) is 3.16. The van der Waals surface area contributed by atoms with Crippen molar-refractivity contribution < 1.29 is 0 Å². The van der Waals surface area contributed by atoms with Crippen LogP contribution in [0.3, 0.4) is 0 Å². The zero-order chi connectivity index (χ0) is 16.2. The van der Waals surface area contributed by atoms with Crippen molar-refractivity contribution in [2.75, 3.05) is 19.6 Å². The van der Waals surface area contributed by atoms with Gasteiger partial charge in [0, 0.05) is 13.1 Å². The molecule has 0 unspecified atom stereocenters. The summed E-state index contributed by atoms with van der Waals surface area (Å²) in [6.07, 6.45) is 8.56. The fourth-order valence-corrected chi connectivity index (χ4v) is 4.63. The van der Waals surface area contributed by atoms with Crippen LogP contribution in [-0.2, 0) is 0 Å². The fraction of sp³-hybridized carbons (Fsp3) is 0.478. The van der Waals surface area contributed by atoms with E-state index in [0.29, 0.717) is 0 Å². The second-order valence-corrected chi connectivity index (χ2v) is 7.74. The summed E-state index contributed by atoms with van der Waals surface area (Å²) in [4.78, 5) is 2.75. The fourth-order valence-electron chi connectivity index (χ4n) is 4.63. The van der Waals surface area contributed by atoms with Crippen LogP contribution in [0, 0.1) is 5.92 Å². The van der Waals surface area contributed by atoms with Crippen LogP contribution >= 0.6 is 0 Å². The van der Waals surface area contributed by atoms with E-state index in [1.807, 2.05) is 0 Å². The number of likely N-dealkylation sites (tertiary alicyclic amines) is 1. The van der Waals surface area contributed by atoms with Crippen molar-refractivity contribution in [2.45, 2.75) is 44.4 Å². The van der Waals surface area contributed by atoms with E-state index >= 15 is 0 Å². The van der Waals surface area contributed by atoms with E-state index in [0.717, 1.165) is 11.8 Å². The highest BCUT2D eigenvalue weighted by Crippen LogP contribution is 2.31. The minimum Gasteiger partial charge on any atom is -0.302 e.